The van der Waals surface area contributed by atoms with Crippen LogP contribution in [0.2, 0.25) is 0 Å². The summed E-state index contributed by atoms with van der Waals surface area (Å²) in [6.07, 6.45) is 0.641. The van der Waals surface area contributed by atoms with Crippen LogP contribution in [0.4, 0.5) is 0 Å². The van der Waals surface area contributed by atoms with Gasteiger partial charge in [0, 0.05) is 24.9 Å². The first kappa shape index (κ1) is 16.2. The molecule has 1 aromatic heterocycles. The molecule has 0 fully saturated rings. The van der Waals surface area contributed by atoms with Crippen LogP contribution in [0.25, 0.3) is 11.4 Å². The Hall–Kier alpha value is -2.21. The number of nitrogens with one attached hydrogen (secondary N) is 1. The number of carbonyl (C=O) groups excluding carboxylic acids is 1. The van der Waals surface area contributed by atoms with E-state index in [2.05, 4.69) is 41.4 Å². The minimum absolute atomic E-state index is 0.0666. The molecular formula is C16H21N3O3. The van der Waals surface area contributed by atoms with Gasteiger partial charge in [0.1, 0.15) is 0 Å². The summed E-state index contributed by atoms with van der Waals surface area (Å²) in [6.45, 7) is 4.48. The Balaban J connectivity index is 1.94. The number of rotatable bonds is 7. The zero-order chi connectivity index (χ0) is 15.9. The van der Waals surface area contributed by atoms with Crippen molar-refractivity contribution in [2.75, 3.05) is 13.2 Å². The third-order valence-corrected chi connectivity index (χ3v) is 3.30. The molecule has 0 saturated heterocycles. The van der Waals surface area contributed by atoms with Crippen molar-refractivity contribution >= 4 is 5.91 Å². The number of aliphatic hydroxyl groups is 1. The summed E-state index contributed by atoms with van der Waals surface area (Å²) in [5, 5.41) is 15.2. The maximum absolute atomic E-state index is 11.4. The molecule has 1 amide bonds. The standard InChI is InChI=1S/C16H21N3O3/c1-11(2)12-3-5-13(6-4-12)16-18-15(22-19-16)8-7-14(21)17-9-10-20/h3-6,11,20H,7-10H2,1-2H3,(H,17,21). The van der Waals surface area contributed by atoms with Crippen LogP contribution in [0.3, 0.4) is 0 Å². The first-order valence-electron chi connectivity index (χ1n) is 7.40. The molecule has 0 bridgehead atoms. The Morgan fingerprint density at radius 3 is 2.68 bits per heavy atom. The normalized spacial score (nSPS) is 10.9. The van der Waals surface area contributed by atoms with Crippen LogP contribution in [0, 0.1) is 0 Å². The summed E-state index contributed by atoms with van der Waals surface area (Å²) in [5.74, 6) is 1.30. The Kier molecular flexibility index (Phi) is 5.66. The minimum Gasteiger partial charge on any atom is -0.395 e. The van der Waals surface area contributed by atoms with Gasteiger partial charge in [0.25, 0.3) is 0 Å². The number of aryl methyl sites for hydroxylation is 1. The number of benzene rings is 1. The lowest BCUT2D eigenvalue weighted by atomic mass is 10.0. The fourth-order valence-corrected chi connectivity index (χ4v) is 1.99. The molecular weight excluding hydrogens is 282 g/mol. The van der Waals surface area contributed by atoms with Gasteiger partial charge in [-0.25, -0.2) is 0 Å². The van der Waals surface area contributed by atoms with Crippen molar-refractivity contribution in [2.45, 2.75) is 32.6 Å². The maximum Gasteiger partial charge on any atom is 0.227 e. The molecule has 1 aromatic carbocycles. The van der Waals surface area contributed by atoms with Crippen LogP contribution in [-0.2, 0) is 11.2 Å². The van der Waals surface area contributed by atoms with Gasteiger partial charge in [-0.3, -0.25) is 4.79 Å². The average Bonchev–Trinajstić information content (AvgIpc) is 3.00. The lowest BCUT2D eigenvalue weighted by Crippen LogP contribution is -2.26. The van der Waals surface area contributed by atoms with Gasteiger partial charge >= 0.3 is 0 Å². The van der Waals surface area contributed by atoms with E-state index in [0.29, 0.717) is 24.1 Å². The van der Waals surface area contributed by atoms with Gasteiger partial charge in [0.2, 0.25) is 17.6 Å². The summed E-state index contributed by atoms with van der Waals surface area (Å²) >= 11 is 0. The molecule has 0 aliphatic heterocycles. The number of hydrogen-bond acceptors (Lipinski definition) is 5. The summed E-state index contributed by atoms with van der Waals surface area (Å²) in [4.78, 5) is 15.7. The van der Waals surface area contributed by atoms with E-state index < -0.39 is 0 Å². The Bertz CT molecular complexity index is 605. The van der Waals surface area contributed by atoms with Crippen LogP contribution in [0.1, 0.15) is 37.6 Å². The largest absolute Gasteiger partial charge is 0.395 e. The highest BCUT2D eigenvalue weighted by atomic mass is 16.5. The van der Waals surface area contributed by atoms with Gasteiger partial charge in [-0.05, 0) is 11.5 Å². The maximum atomic E-state index is 11.4. The lowest BCUT2D eigenvalue weighted by molar-refractivity contribution is -0.121. The minimum atomic E-state index is -0.143. The zero-order valence-corrected chi connectivity index (χ0v) is 12.9. The molecule has 1 heterocycles. The first-order chi connectivity index (χ1) is 10.6. The van der Waals surface area contributed by atoms with Crippen molar-refractivity contribution in [1.82, 2.24) is 15.5 Å². The molecule has 0 aliphatic carbocycles. The molecule has 0 aliphatic rings. The van der Waals surface area contributed by atoms with E-state index in [9.17, 15) is 4.79 Å². The molecule has 0 saturated carbocycles. The Morgan fingerprint density at radius 1 is 1.32 bits per heavy atom. The predicted octanol–water partition coefficient (Wildman–Crippen LogP) is 1.90. The second-order valence-electron chi connectivity index (χ2n) is 5.36. The topological polar surface area (TPSA) is 88.2 Å². The van der Waals surface area contributed by atoms with E-state index >= 15 is 0 Å². The number of aliphatic hydroxyl groups excluding tert-OH is 1. The number of carbonyl (C=O) groups is 1. The van der Waals surface area contributed by atoms with E-state index in [0.717, 1.165) is 5.56 Å². The highest BCUT2D eigenvalue weighted by molar-refractivity contribution is 5.76. The fourth-order valence-electron chi connectivity index (χ4n) is 1.99. The molecule has 2 rings (SSSR count). The first-order valence-corrected chi connectivity index (χ1v) is 7.40. The summed E-state index contributed by atoms with van der Waals surface area (Å²) in [7, 11) is 0. The van der Waals surface area contributed by atoms with Crippen molar-refractivity contribution in [3.63, 3.8) is 0 Å². The van der Waals surface area contributed by atoms with Gasteiger partial charge in [0.05, 0.1) is 6.61 Å². The summed E-state index contributed by atoms with van der Waals surface area (Å²) in [5.41, 5.74) is 2.15. The molecule has 118 valence electrons. The van der Waals surface area contributed by atoms with E-state index in [4.69, 9.17) is 9.63 Å². The van der Waals surface area contributed by atoms with Crippen LogP contribution < -0.4 is 5.32 Å². The van der Waals surface area contributed by atoms with Gasteiger partial charge in [-0.15, -0.1) is 0 Å². The Morgan fingerprint density at radius 2 is 2.05 bits per heavy atom. The molecule has 22 heavy (non-hydrogen) atoms. The van der Waals surface area contributed by atoms with Gasteiger partial charge in [-0.1, -0.05) is 43.3 Å². The Labute approximate surface area is 129 Å². The van der Waals surface area contributed by atoms with Crippen molar-refractivity contribution in [3.05, 3.63) is 35.7 Å². The van der Waals surface area contributed by atoms with Crippen LogP contribution in [-0.4, -0.2) is 34.3 Å². The van der Waals surface area contributed by atoms with Gasteiger partial charge in [-0.2, -0.15) is 4.98 Å². The molecule has 0 radical (unpaired) electrons. The molecule has 6 heteroatoms. The number of amides is 1. The van der Waals surface area contributed by atoms with Crippen molar-refractivity contribution in [3.8, 4) is 11.4 Å². The van der Waals surface area contributed by atoms with E-state index in [-0.39, 0.29) is 25.5 Å². The fraction of sp³-hybridized carbons (Fsp3) is 0.438. The third kappa shape index (κ3) is 4.39. The smallest absolute Gasteiger partial charge is 0.227 e. The molecule has 0 spiro atoms. The molecule has 2 aromatic rings. The van der Waals surface area contributed by atoms with Crippen LogP contribution >= 0.6 is 0 Å². The second-order valence-corrected chi connectivity index (χ2v) is 5.36. The molecule has 0 unspecified atom stereocenters. The highest BCUT2D eigenvalue weighted by Gasteiger charge is 2.11. The molecule has 2 N–H and O–H groups in total. The third-order valence-electron chi connectivity index (χ3n) is 3.30. The molecule has 0 atom stereocenters. The lowest BCUT2D eigenvalue weighted by Gasteiger charge is -2.04. The zero-order valence-electron chi connectivity index (χ0n) is 12.9. The number of aromatic nitrogens is 2. The number of hydrogen-bond donors (Lipinski definition) is 2. The number of nitrogens with zero attached hydrogens (tertiary/aromatic N) is 2. The van der Waals surface area contributed by atoms with Crippen molar-refractivity contribution in [2.24, 2.45) is 0 Å². The average molecular weight is 303 g/mol. The van der Waals surface area contributed by atoms with Crippen LogP contribution in [0.15, 0.2) is 28.8 Å². The predicted molar refractivity (Wildman–Crippen MR) is 82.2 cm³/mol. The van der Waals surface area contributed by atoms with Gasteiger partial charge < -0.3 is 14.9 Å². The van der Waals surface area contributed by atoms with Gasteiger partial charge in [0.15, 0.2) is 0 Å². The highest BCUT2D eigenvalue weighted by Crippen LogP contribution is 2.20. The van der Waals surface area contributed by atoms with Crippen LogP contribution in [0.5, 0.6) is 0 Å². The molecule has 6 nitrogen and oxygen atoms in total. The van der Waals surface area contributed by atoms with E-state index in [1.165, 1.54) is 5.56 Å². The van der Waals surface area contributed by atoms with Crippen molar-refractivity contribution in [1.29, 1.82) is 0 Å². The van der Waals surface area contributed by atoms with E-state index in [1.54, 1.807) is 0 Å². The second kappa shape index (κ2) is 7.70. The van der Waals surface area contributed by atoms with E-state index in [1.807, 2.05) is 12.1 Å². The van der Waals surface area contributed by atoms with Crippen molar-refractivity contribution < 1.29 is 14.4 Å². The SMILES string of the molecule is CC(C)c1ccc(-c2noc(CCC(=O)NCCO)n2)cc1. The quantitative estimate of drug-likeness (QED) is 0.815. The monoisotopic (exact) mass is 303 g/mol. The summed E-state index contributed by atoms with van der Waals surface area (Å²) < 4.78 is 5.16. The summed E-state index contributed by atoms with van der Waals surface area (Å²) in [6, 6.07) is 8.05.